The first-order valence-electron chi connectivity index (χ1n) is 6.29. The quantitative estimate of drug-likeness (QED) is 0.858. The highest BCUT2D eigenvalue weighted by atomic mass is 79.9. The molecule has 0 saturated heterocycles. The molecule has 0 aromatic heterocycles. The third-order valence-electron chi connectivity index (χ3n) is 3.71. The summed E-state index contributed by atoms with van der Waals surface area (Å²) in [4.78, 5) is 12.1. The van der Waals surface area contributed by atoms with Crippen molar-refractivity contribution in [2.75, 3.05) is 0 Å². The van der Waals surface area contributed by atoms with Crippen LogP contribution in [0.25, 0.3) is 0 Å². The maximum absolute atomic E-state index is 12.1. The lowest BCUT2D eigenvalue weighted by atomic mass is 9.78. The van der Waals surface area contributed by atoms with Gasteiger partial charge in [0.05, 0.1) is 6.07 Å². The molecule has 0 fully saturated rings. The van der Waals surface area contributed by atoms with E-state index >= 15 is 0 Å². The molecule has 1 aliphatic heterocycles. The zero-order valence-electron chi connectivity index (χ0n) is 10.5. The van der Waals surface area contributed by atoms with Crippen LogP contribution in [0.5, 0.6) is 0 Å². The van der Waals surface area contributed by atoms with Crippen LogP contribution >= 0.6 is 15.9 Å². The van der Waals surface area contributed by atoms with Gasteiger partial charge >= 0.3 is 0 Å². The highest BCUT2D eigenvalue weighted by Crippen LogP contribution is 2.44. The molecule has 1 heterocycles. The summed E-state index contributed by atoms with van der Waals surface area (Å²) in [5.74, 6) is -0.592. The number of hydrogen-bond donors (Lipinski definition) is 1. The summed E-state index contributed by atoms with van der Waals surface area (Å²) in [6.45, 7) is 0. The van der Waals surface area contributed by atoms with Crippen LogP contribution in [-0.2, 0) is 9.53 Å². The predicted molar refractivity (Wildman–Crippen MR) is 76.1 cm³/mol. The van der Waals surface area contributed by atoms with E-state index in [0.29, 0.717) is 24.2 Å². The van der Waals surface area contributed by atoms with Gasteiger partial charge in [-0.1, -0.05) is 28.1 Å². The second-order valence-electron chi connectivity index (χ2n) is 4.86. The van der Waals surface area contributed by atoms with Gasteiger partial charge in [0.25, 0.3) is 0 Å². The summed E-state index contributed by atoms with van der Waals surface area (Å²) in [6.07, 6.45) is 0.935. The smallest absolute Gasteiger partial charge is 0.205 e. The number of carbonyl (C=O) groups is 1. The summed E-state index contributed by atoms with van der Waals surface area (Å²) in [6, 6.07) is 9.62. The van der Waals surface area contributed by atoms with E-state index in [4.69, 9.17) is 10.1 Å². The highest BCUT2D eigenvalue weighted by molar-refractivity contribution is 9.10. The Balaban J connectivity index is 2.14. The van der Waals surface area contributed by atoms with Crippen molar-refractivity contribution in [3.8, 4) is 6.07 Å². The fourth-order valence-corrected chi connectivity index (χ4v) is 3.05. The number of Topliss-reactive ketones (excluding diaryl/α,β-unsaturated/α-hetero) is 1. The second-order valence-corrected chi connectivity index (χ2v) is 5.78. The number of nitrogens with zero attached hydrogens (tertiary/aromatic N) is 1. The second kappa shape index (κ2) is 4.88. The monoisotopic (exact) mass is 330 g/mol. The maximum atomic E-state index is 12.1. The normalized spacial score (nSPS) is 25.2. The van der Waals surface area contributed by atoms with Crippen molar-refractivity contribution in [2.24, 2.45) is 5.92 Å². The van der Waals surface area contributed by atoms with E-state index in [1.54, 1.807) is 0 Å². The van der Waals surface area contributed by atoms with Crippen molar-refractivity contribution in [1.29, 1.82) is 10.7 Å². The Labute approximate surface area is 124 Å². The molecule has 2 aliphatic rings. The highest BCUT2D eigenvalue weighted by Gasteiger charge is 2.43. The van der Waals surface area contributed by atoms with Crippen LogP contribution in [0.3, 0.4) is 0 Å². The minimum absolute atomic E-state index is 0.0284. The van der Waals surface area contributed by atoms with E-state index in [0.717, 1.165) is 10.0 Å². The Morgan fingerprint density at radius 2 is 2.00 bits per heavy atom. The van der Waals surface area contributed by atoms with Crippen LogP contribution in [0.1, 0.15) is 24.3 Å². The van der Waals surface area contributed by atoms with Crippen molar-refractivity contribution in [1.82, 2.24) is 0 Å². The number of ketones is 1. The Morgan fingerprint density at radius 3 is 2.65 bits per heavy atom. The van der Waals surface area contributed by atoms with Gasteiger partial charge in [-0.05, 0) is 17.7 Å². The van der Waals surface area contributed by atoms with Crippen LogP contribution in [0.4, 0.5) is 0 Å². The molecule has 1 aromatic carbocycles. The van der Waals surface area contributed by atoms with E-state index in [-0.39, 0.29) is 17.6 Å². The topological polar surface area (TPSA) is 73.9 Å². The largest absolute Gasteiger partial charge is 0.446 e. The molecule has 1 aromatic rings. The van der Waals surface area contributed by atoms with Gasteiger partial charge in [0, 0.05) is 28.8 Å². The zero-order valence-corrected chi connectivity index (χ0v) is 12.1. The lowest BCUT2D eigenvalue weighted by molar-refractivity contribution is -0.115. The van der Waals surface area contributed by atoms with Crippen LogP contribution in [0, 0.1) is 22.7 Å². The van der Waals surface area contributed by atoms with Gasteiger partial charge in [0.15, 0.2) is 5.78 Å². The van der Waals surface area contributed by atoms with Crippen molar-refractivity contribution in [3.05, 3.63) is 45.6 Å². The molecule has 0 amide bonds. The molecule has 0 bridgehead atoms. The number of nitriles is 1. The predicted octanol–water partition coefficient (Wildman–Crippen LogP) is 3.30. The molecule has 3 rings (SSSR count). The minimum Gasteiger partial charge on any atom is -0.446 e. The molecule has 0 saturated carbocycles. The van der Waals surface area contributed by atoms with Crippen LogP contribution in [-0.4, -0.2) is 11.7 Å². The van der Waals surface area contributed by atoms with Crippen LogP contribution < -0.4 is 0 Å². The number of rotatable bonds is 1. The first kappa shape index (κ1) is 13.1. The molecule has 1 aliphatic carbocycles. The van der Waals surface area contributed by atoms with E-state index in [9.17, 15) is 10.1 Å². The molecule has 4 nitrogen and oxygen atoms in total. The number of nitrogens with one attached hydrogen (secondary N) is 1. The van der Waals surface area contributed by atoms with E-state index < -0.39 is 5.92 Å². The lowest BCUT2D eigenvalue weighted by Gasteiger charge is -2.29. The molecule has 1 N–H and O–H groups in total. The average molecular weight is 331 g/mol. The molecular weight excluding hydrogens is 320 g/mol. The van der Waals surface area contributed by atoms with Gasteiger partial charge in [-0.25, -0.2) is 0 Å². The first-order valence-corrected chi connectivity index (χ1v) is 7.08. The maximum Gasteiger partial charge on any atom is 0.205 e. The number of hydrogen-bond acceptors (Lipinski definition) is 4. The Morgan fingerprint density at radius 1 is 1.30 bits per heavy atom. The first-order chi connectivity index (χ1) is 9.61. The third kappa shape index (κ3) is 1.97. The standard InChI is InChI=1S/C15H11BrN2O2/c16-9-3-1-8(2-4-9)13-10(7-17)15(18)20-12-6-5-11(19)14(12)13/h1-4,10,13,18H,5-6H2. The zero-order chi connectivity index (χ0) is 14.3. The number of allylic oxidation sites excluding steroid dienone is 2. The molecule has 100 valence electrons. The summed E-state index contributed by atoms with van der Waals surface area (Å²) in [7, 11) is 0. The molecule has 0 radical (unpaired) electrons. The summed E-state index contributed by atoms with van der Waals surface area (Å²) < 4.78 is 6.30. The van der Waals surface area contributed by atoms with Crippen molar-refractivity contribution < 1.29 is 9.53 Å². The lowest BCUT2D eigenvalue weighted by Crippen LogP contribution is -2.30. The molecule has 2 unspecified atom stereocenters. The van der Waals surface area contributed by atoms with Gasteiger partial charge in [-0.2, -0.15) is 5.26 Å². The summed E-state index contributed by atoms with van der Waals surface area (Å²) >= 11 is 3.37. The molecule has 2 atom stereocenters. The minimum atomic E-state index is -0.739. The number of carbonyl (C=O) groups excluding carboxylic acids is 1. The van der Waals surface area contributed by atoms with Crippen LogP contribution in [0.2, 0.25) is 0 Å². The molecule has 20 heavy (non-hydrogen) atoms. The Bertz CT molecular complexity index is 670. The van der Waals surface area contributed by atoms with Crippen molar-refractivity contribution >= 4 is 27.6 Å². The number of ether oxygens (including phenoxy) is 1. The summed E-state index contributed by atoms with van der Waals surface area (Å²) in [5.41, 5.74) is 1.45. The molecular formula is C15H11BrN2O2. The molecule has 0 spiro atoms. The average Bonchev–Trinajstić information content (AvgIpc) is 2.79. The number of benzene rings is 1. The van der Waals surface area contributed by atoms with E-state index in [1.807, 2.05) is 24.3 Å². The fourth-order valence-electron chi connectivity index (χ4n) is 2.78. The van der Waals surface area contributed by atoms with Gasteiger partial charge in [-0.15, -0.1) is 0 Å². The van der Waals surface area contributed by atoms with Crippen molar-refractivity contribution in [3.63, 3.8) is 0 Å². The Hall–Kier alpha value is -1.93. The van der Waals surface area contributed by atoms with E-state index in [1.165, 1.54) is 0 Å². The van der Waals surface area contributed by atoms with Gasteiger partial charge in [-0.3, -0.25) is 10.2 Å². The SMILES string of the molecule is N#CC1C(=N)OC2=C(C(=O)CC2)C1c1ccc(Br)cc1. The van der Waals surface area contributed by atoms with Gasteiger partial charge in [0.2, 0.25) is 5.90 Å². The number of halogens is 1. The van der Waals surface area contributed by atoms with Gasteiger partial charge < -0.3 is 4.74 Å². The van der Waals surface area contributed by atoms with Crippen molar-refractivity contribution in [2.45, 2.75) is 18.8 Å². The van der Waals surface area contributed by atoms with Gasteiger partial charge in [0.1, 0.15) is 11.7 Å². The van der Waals surface area contributed by atoms with E-state index in [2.05, 4.69) is 22.0 Å². The summed E-state index contributed by atoms with van der Waals surface area (Å²) in [5, 5.41) is 17.2. The third-order valence-corrected chi connectivity index (χ3v) is 4.24. The fraction of sp³-hybridized carbons (Fsp3) is 0.267. The Kier molecular flexibility index (Phi) is 3.19. The van der Waals surface area contributed by atoms with Crippen LogP contribution in [0.15, 0.2) is 40.1 Å². The molecule has 5 heteroatoms.